The molecular formula is C10H10F2O2S. The zero-order valence-corrected chi connectivity index (χ0v) is 8.68. The maximum absolute atomic E-state index is 12.5. The fourth-order valence-corrected chi connectivity index (χ4v) is 1.42. The second-order valence-corrected chi connectivity index (χ2v) is 4.47. The zero-order chi connectivity index (χ0) is 11.3. The minimum absolute atomic E-state index is 0.107. The van der Waals surface area contributed by atoms with Crippen molar-refractivity contribution >= 4 is 16.3 Å². The molecule has 0 aromatic heterocycles. The van der Waals surface area contributed by atoms with Crippen molar-refractivity contribution in [2.24, 2.45) is 0 Å². The first-order chi connectivity index (χ1) is 6.97. The van der Waals surface area contributed by atoms with Gasteiger partial charge in [-0.2, -0.15) is 8.42 Å². The fourth-order valence-electron chi connectivity index (χ4n) is 1.00. The van der Waals surface area contributed by atoms with Gasteiger partial charge in [-0.05, 0) is 24.1 Å². The van der Waals surface area contributed by atoms with E-state index in [9.17, 15) is 16.7 Å². The van der Waals surface area contributed by atoms with E-state index < -0.39 is 16.0 Å². The van der Waals surface area contributed by atoms with Crippen LogP contribution in [-0.2, 0) is 10.2 Å². The van der Waals surface area contributed by atoms with E-state index in [-0.39, 0.29) is 12.2 Å². The minimum atomic E-state index is -4.40. The molecule has 0 fully saturated rings. The third-order valence-corrected chi connectivity index (χ3v) is 2.43. The van der Waals surface area contributed by atoms with Crippen LogP contribution in [-0.4, -0.2) is 14.2 Å². The summed E-state index contributed by atoms with van der Waals surface area (Å²) < 4.78 is 44.8. The number of halogens is 2. The third kappa shape index (κ3) is 5.27. The molecule has 0 N–H and O–H groups in total. The standard InChI is InChI=1S/C10H10F2O2S/c11-10-6-4-9(5-7-10)3-1-2-8-15(12,13)14/h1,3-7H,2,8H2/b3-1+. The predicted octanol–water partition coefficient (Wildman–Crippen LogP) is 2.53. The summed E-state index contributed by atoms with van der Waals surface area (Å²) >= 11 is 0. The van der Waals surface area contributed by atoms with Gasteiger partial charge in [-0.15, -0.1) is 3.89 Å². The summed E-state index contributed by atoms with van der Waals surface area (Å²) in [5.74, 6) is -0.858. The summed E-state index contributed by atoms with van der Waals surface area (Å²) in [7, 11) is -4.40. The van der Waals surface area contributed by atoms with Gasteiger partial charge in [0, 0.05) is 0 Å². The minimum Gasteiger partial charge on any atom is -0.207 e. The highest BCUT2D eigenvalue weighted by atomic mass is 32.3. The molecule has 0 spiro atoms. The van der Waals surface area contributed by atoms with Gasteiger partial charge in [0.2, 0.25) is 0 Å². The smallest absolute Gasteiger partial charge is 0.207 e. The molecule has 0 saturated heterocycles. The first kappa shape index (κ1) is 11.8. The molecule has 2 nitrogen and oxygen atoms in total. The Hall–Kier alpha value is -1.23. The van der Waals surface area contributed by atoms with Crippen molar-refractivity contribution < 1.29 is 16.7 Å². The molecule has 1 rings (SSSR count). The molecule has 0 heterocycles. The van der Waals surface area contributed by atoms with Crippen molar-refractivity contribution in [2.45, 2.75) is 6.42 Å². The van der Waals surface area contributed by atoms with Crippen molar-refractivity contribution in [2.75, 3.05) is 5.75 Å². The first-order valence-electron chi connectivity index (χ1n) is 4.32. The highest BCUT2D eigenvalue weighted by Gasteiger charge is 2.03. The molecule has 0 amide bonds. The molecule has 0 aliphatic carbocycles. The van der Waals surface area contributed by atoms with Crippen molar-refractivity contribution in [3.05, 3.63) is 41.7 Å². The summed E-state index contributed by atoms with van der Waals surface area (Å²) in [5.41, 5.74) is 0.743. The van der Waals surface area contributed by atoms with Gasteiger partial charge >= 0.3 is 10.2 Å². The molecule has 5 heteroatoms. The lowest BCUT2D eigenvalue weighted by atomic mass is 10.2. The van der Waals surface area contributed by atoms with Gasteiger partial charge in [0.15, 0.2) is 0 Å². The highest BCUT2D eigenvalue weighted by molar-refractivity contribution is 7.86. The molecule has 0 atom stereocenters. The average molecular weight is 232 g/mol. The van der Waals surface area contributed by atoms with Gasteiger partial charge in [0.25, 0.3) is 0 Å². The maximum atomic E-state index is 12.5. The van der Waals surface area contributed by atoms with Crippen LogP contribution in [0.2, 0.25) is 0 Å². The van der Waals surface area contributed by atoms with E-state index in [0.717, 1.165) is 5.56 Å². The van der Waals surface area contributed by atoms with E-state index in [2.05, 4.69) is 0 Å². The number of hydrogen-bond donors (Lipinski definition) is 0. The molecule has 0 bridgehead atoms. The highest BCUT2D eigenvalue weighted by Crippen LogP contribution is 2.05. The van der Waals surface area contributed by atoms with Crippen LogP contribution in [0.1, 0.15) is 12.0 Å². The predicted molar refractivity (Wildman–Crippen MR) is 54.9 cm³/mol. The Morgan fingerprint density at radius 3 is 2.33 bits per heavy atom. The Kier molecular flexibility index (Phi) is 3.96. The van der Waals surface area contributed by atoms with Gasteiger partial charge in [0.05, 0.1) is 5.75 Å². The van der Waals surface area contributed by atoms with Crippen LogP contribution in [0.15, 0.2) is 30.3 Å². The maximum Gasteiger partial charge on any atom is 0.302 e. The van der Waals surface area contributed by atoms with Crippen LogP contribution in [0.25, 0.3) is 6.08 Å². The van der Waals surface area contributed by atoms with Crippen molar-refractivity contribution in [3.63, 3.8) is 0 Å². The lowest BCUT2D eigenvalue weighted by Crippen LogP contribution is -1.95. The second kappa shape index (κ2) is 5.02. The number of rotatable bonds is 4. The van der Waals surface area contributed by atoms with Gasteiger partial charge in [-0.25, -0.2) is 4.39 Å². The van der Waals surface area contributed by atoms with E-state index in [4.69, 9.17) is 0 Å². The average Bonchev–Trinajstić information content (AvgIpc) is 2.14. The number of benzene rings is 1. The molecule has 0 aliphatic heterocycles. The first-order valence-corrected chi connectivity index (χ1v) is 5.87. The van der Waals surface area contributed by atoms with E-state index in [1.165, 1.54) is 18.2 Å². The SMILES string of the molecule is O=S(=O)(F)CC/C=C/c1ccc(F)cc1. The summed E-state index contributed by atoms with van der Waals surface area (Å²) in [5, 5.41) is 0. The Balaban J connectivity index is 2.48. The van der Waals surface area contributed by atoms with Crippen LogP contribution >= 0.6 is 0 Å². The molecule has 0 unspecified atom stereocenters. The molecule has 1 aromatic rings. The van der Waals surface area contributed by atoms with Crippen molar-refractivity contribution in [1.82, 2.24) is 0 Å². The van der Waals surface area contributed by atoms with Gasteiger partial charge in [-0.3, -0.25) is 0 Å². The number of allylic oxidation sites excluding steroid dienone is 1. The largest absolute Gasteiger partial charge is 0.302 e. The summed E-state index contributed by atoms with van der Waals surface area (Å²) in [6, 6.07) is 5.70. The van der Waals surface area contributed by atoms with E-state index in [1.807, 2.05) is 0 Å². The quantitative estimate of drug-likeness (QED) is 0.747. The van der Waals surface area contributed by atoms with Crippen LogP contribution in [0.3, 0.4) is 0 Å². The molecule has 0 radical (unpaired) electrons. The Labute approximate surface area is 87.5 Å². The summed E-state index contributed by atoms with van der Waals surface area (Å²) in [6.07, 6.45) is 3.26. The van der Waals surface area contributed by atoms with Crippen LogP contribution in [0.5, 0.6) is 0 Å². The van der Waals surface area contributed by atoms with Gasteiger partial charge in [-0.1, -0.05) is 24.3 Å². The lowest BCUT2D eigenvalue weighted by Gasteiger charge is -1.92. The molecule has 0 saturated carbocycles. The Bertz CT molecular complexity index is 435. The molecular weight excluding hydrogens is 222 g/mol. The van der Waals surface area contributed by atoms with Crippen molar-refractivity contribution in [3.8, 4) is 0 Å². The van der Waals surface area contributed by atoms with E-state index in [1.54, 1.807) is 18.2 Å². The topological polar surface area (TPSA) is 34.1 Å². The van der Waals surface area contributed by atoms with Crippen LogP contribution in [0.4, 0.5) is 8.28 Å². The normalized spacial score (nSPS) is 12.1. The number of hydrogen-bond acceptors (Lipinski definition) is 2. The zero-order valence-electron chi connectivity index (χ0n) is 7.86. The molecule has 1 aromatic carbocycles. The van der Waals surface area contributed by atoms with Gasteiger partial charge in [0.1, 0.15) is 5.82 Å². The van der Waals surface area contributed by atoms with Crippen LogP contribution in [0, 0.1) is 5.82 Å². The monoisotopic (exact) mass is 232 g/mol. The molecule has 15 heavy (non-hydrogen) atoms. The Morgan fingerprint density at radius 2 is 1.80 bits per heavy atom. The second-order valence-electron chi connectivity index (χ2n) is 2.99. The summed E-state index contributed by atoms with van der Waals surface area (Å²) in [4.78, 5) is 0. The van der Waals surface area contributed by atoms with Crippen LogP contribution < -0.4 is 0 Å². The summed E-state index contributed by atoms with van der Waals surface area (Å²) in [6.45, 7) is 0. The Morgan fingerprint density at radius 1 is 1.20 bits per heavy atom. The van der Waals surface area contributed by atoms with Gasteiger partial charge < -0.3 is 0 Å². The third-order valence-electron chi connectivity index (χ3n) is 1.71. The van der Waals surface area contributed by atoms with E-state index in [0.29, 0.717) is 0 Å². The molecule has 0 aliphatic rings. The fraction of sp³-hybridized carbons (Fsp3) is 0.200. The van der Waals surface area contributed by atoms with E-state index >= 15 is 0 Å². The van der Waals surface area contributed by atoms with Crippen molar-refractivity contribution in [1.29, 1.82) is 0 Å². The molecule has 82 valence electrons. The lowest BCUT2D eigenvalue weighted by molar-refractivity contribution is 0.552.